The number of nitrogens with one attached hydrogen (secondary N) is 1. The normalized spacial score (nSPS) is 28.9. The fourth-order valence-corrected chi connectivity index (χ4v) is 2.58. The molecule has 1 N–H and O–H groups in total. The largest absolute Gasteiger partial charge is 0.300 e. The van der Waals surface area contributed by atoms with Crippen molar-refractivity contribution in [3.63, 3.8) is 0 Å². The van der Waals surface area contributed by atoms with Gasteiger partial charge in [-0.05, 0) is 25.2 Å². The second kappa shape index (κ2) is 3.27. The number of hydrogen-bond acceptors (Lipinski definition) is 4. The Morgan fingerprint density at radius 2 is 2.20 bits per heavy atom. The molecule has 4 nitrogen and oxygen atoms in total. The minimum Gasteiger partial charge on any atom is -0.300 e. The van der Waals surface area contributed by atoms with Gasteiger partial charge in [-0.1, -0.05) is 18.3 Å². The molecular weight excluding hydrogens is 210 g/mol. The topological polar surface area (TPSA) is 54.9 Å². The minimum absolute atomic E-state index is 0.112. The fourth-order valence-electron chi connectivity index (χ4n) is 1.67. The van der Waals surface area contributed by atoms with Crippen molar-refractivity contribution in [3.8, 4) is 0 Å². The van der Waals surface area contributed by atoms with E-state index < -0.39 is 0 Å². The molecule has 2 atom stereocenters. The predicted molar refractivity (Wildman–Crippen MR) is 57.8 cm³/mol. The van der Waals surface area contributed by atoms with Crippen molar-refractivity contribution < 1.29 is 4.79 Å². The molecule has 0 aromatic carbocycles. The Hall–Kier alpha value is -0.970. The lowest BCUT2D eigenvalue weighted by molar-refractivity contribution is -0.117. The number of nitrogens with zero attached hydrogens (tertiary/aromatic N) is 2. The van der Waals surface area contributed by atoms with Crippen LogP contribution in [0.25, 0.3) is 0 Å². The number of aromatic nitrogens is 2. The van der Waals surface area contributed by atoms with Gasteiger partial charge in [-0.2, -0.15) is 0 Å². The van der Waals surface area contributed by atoms with E-state index >= 15 is 0 Å². The first-order chi connectivity index (χ1) is 7.24. The average molecular weight is 223 g/mol. The molecule has 80 valence electrons. The second-order valence-corrected chi connectivity index (χ2v) is 5.54. The summed E-state index contributed by atoms with van der Waals surface area (Å²) in [5, 5.41) is 12.7. The van der Waals surface area contributed by atoms with Crippen LogP contribution in [0.2, 0.25) is 0 Å². The van der Waals surface area contributed by atoms with Gasteiger partial charge < -0.3 is 5.32 Å². The number of hydrogen-bond donors (Lipinski definition) is 1. The lowest BCUT2D eigenvalue weighted by Crippen LogP contribution is -2.14. The number of rotatable bonds is 3. The van der Waals surface area contributed by atoms with E-state index in [4.69, 9.17) is 0 Å². The minimum atomic E-state index is 0.112. The zero-order valence-corrected chi connectivity index (χ0v) is 9.38. The van der Waals surface area contributed by atoms with Gasteiger partial charge in [-0.25, -0.2) is 0 Å². The third-order valence-corrected chi connectivity index (χ3v) is 4.04. The number of carbonyl (C=O) groups is 1. The third-order valence-electron chi connectivity index (χ3n) is 3.04. The summed E-state index contributed by atoms with van der Waals surface area (Å²) in [5.74, 6) is 1.48. The maximum absolute atomic E-state index is 11.6. The molecule has 3 rings (SSSR count). The van der Waals surface area contributed by atoms with Gasteiger partial charge >= 0.3 is 0 Å². The highest BCUT2D eigenvalue weighted by Crippen LogP contribution is 2.42. The maximum atomic E-state index is 11.6. The quantitative estimate of drug-likeness (QED) is 0.852. The Kier molecular flexibility index (Phi) is 2.02. The van der Waals surface area contributed by atoms with E-state index in [-0.39, 0.29) is 11.8 Å². The fraction of sp³-hybridized carbons (Fsp3) is 0.700. The molecular formula is C10H13N3OS. The van der Waals surface area contributed by atoms with Crippen molar-refractivity contribution in [3.05, 3.63) is 5.01 Å². The molecule has 0 aliphatic heterocycles. The van der Waals surface area contributed by atoms with E-state index in [0.29, 0.717) is 17.0 Å². The van der Waals surface area contributed by atoms with E-state index in [1.165, 1.54) is 24.2 Å². The summed E-state index contributed by atoms with van der Waals surface area (Å²) >= 11 is 1.52. The average Bonchev–Trinajstić information content (AvgIpc) is 3.10. The van der Waals surface area contributed by atoms with Gasteiger partial charge in [0.1, 0.15) is 5.01 Å². The smallest absolute Gasteiger partial charge is 0.229 e. The summed E-state index contributed by atoms with van der Waals surface area (Å²) in [6, 6.07) is 0. The molecule has 0 bridgehead atoms. The van der Waals surface area contributed by atoms with Gasteiger partial charge in [0, 0.05) is 11.8 Å². The molecule has 2 aliphatic carbocycles. The van der Waals surface area contributed by atoms with Crippen molar-refractivity contribution in [2.24, 2.45) is 11.8 Å². The molecule has 1 aromatic heterocycles. The third kappa shape index (κ3) is 1.88. The lowest BCUT2D eigenvalue weighted by atomic mass is 10.3. The van der Waals surface area contributed by atoms with E-state index in [2.05, 4.69) is 22.4 Å². The Bertz CT molecular complexity index is 399. The molecule has 2 fully saturated rings. The summed E-state index contributed by atoms with van der Waals surface area (Å²) in [4.78, 5) is 11.6. The monoisotopic (exact) mass is 223 g/mol. The second-order valence-electron chi connectivity index (χ2n) is 4.53. The number of anilines is 1. The number of carbonyl (C=O) groups excluding carboxylic acids is 1. The first kappa shape index (κ1) is 9.27. The summed E-state index contributed by atoms with van der Waals surface area (Å²) in [5.41, 5.74) is 0. The van der Waals surface area contributed by atoms with Crippen molar-refractivity contribution in [2.75, 3.05) is 5.32 Å². The van der Waals surface area contributed by atoms with Crippen LogP contribution in [-0.2, 0) is 4.79 Å². The van der Waals surface area contributed by atoms with Crippen LogP contribution >= 0.6 is 11.3 Å². The molecule has 1 aromatic rings. The summed E-state index contributed by atoms with van der Waals surface area (Å²) < 4.78 is 0. The van der Waals surface area contributed by atoms with Gasteiger partial charge in [0.05, 0.1) is 0 Å². The van der Waals surface area contributed by atoms with Crippen LogP contribution in [0.4, 0.5) is 5.13 Å². The number of amides is 1. The molecule has 1 heterocycles. The van der Waals surface area contributed by atoms with Gasteiger partial charge in [0.15, 0.2) is 0 Å². The van der Waals surface area contributed by atoms with Crippen LogP contribution in [0, 0.1) is 11.8 Å². The van der Waals surface area contributed by atoms with Crippen molar-refractivity contribution >= 4 is 22.4 Å². The van der Waals surface area contributed by atoms with Crippen LogP contribution in [0.3, 0.4) is 0 Å². The SMILES string of the molecule is C[C@@H]1C[C@@H]1C(=O)Nc1nnc(C2CC2)s1. The molecule has 5 heteroatoms. The van der Waals surface area contributed by atoms with Crippen LogP contribution in [0.15, 0.2) is 0 Å². The van der Waals surface area contributed by atoms with Crippen LogP contribution < -0.4 is 5.32 Å². The molecule has 0 spiro atoms. The Labute approximate surface area is 92.1 Å². The van der Waals surface area contributed by atoms with Gasteiger partial charge in [0.2, 0.25) is 11.0 Å². The summed E-state index contributed by atoms with van der Waals surface area (Å²) in [6.07, 6.45) is 3.46. The summed E-state index contributed by atoms with van der Waals surface area (Å²) in [7, 11) is 0. The summed E-state index contributed by atoms with van der Waals surface area (Å²) in [6.45, 7) is 2.10. The molecule has 1 amide bonds. The first-order valence-corrected chi connectivity index (χ1v) is 6.20. The highest BCUT2D eigenvalue weighted by Gasteiger charge is 2.39. The first-order valence-electron chi connectivity index (χ1n) is 5.38. The maximum Gasteiger partial charge on any atom is 0.229 e. The van der Waals surface area contributed by atoms with Gasteiger partial charge in [-0.15, -0.1) is 10.2 Å². The Balaban J connectivity index is 1.63. The Morgan fingerprint density at radius 1 is 1.47 bits per heavy atom. The van der Waals surface area contributed by atoms with Crippen LogP contribution in [0.1, 0.15) is 37.1 Å². The van der Waals surface area contributed by atoms with E-state index in [9.17, 15) is 4.79 Å². The standard InChI is InChI=1S/C10H13N3OS/c1-5-4-7(5)8(14)11-10-13-12-9(15-10)6-2-3-6/h5-7H,2-4H2,1H3,(H,11,13,14)/t5-,7+/m1/s1. The van der Waals surface area contributed by atoms with E-state index in [0.717, 1.165) is 11.4 Å². The molecule has 2 saturated carbocycles. The predicted octanol–water partition coefficient (Wildman–Crippen LogP) is 2.01. The highest BCUT2D eigenvalue weighted by molar-refractivity contribution is 7.15. The van der Waals surface area contributed by atoms with Crippen LogP contribution in [0.5, 0.6) is 0 Å². The van der Waals surface area contributed by atoms with Gasteiger partial charge in [0.25, 0.3) is 0 Å². The van der Waals surface area contributed by atoms with E-state index in [1.807, 2.05) is 0 Å². The van der Waals surface area contributed by atoms with Crippen LogP contribution in [-0.4, -0.2) is 16.1 Å². The van der Waals surface area contributed by atoms with E-state index in [1.54, 1.807) is 0 Å². The molecule has 0 saturated heterocycles. The lowest BCUT2D eigenvalue weighted by Gasteiger charge is -1.97. The Morgan fingerprint density at radius 3 is 2.80 bits per heavy atom. The van der Waals surface area contributed by atoms with Gasteiger partial charge in [-0.3, -0.25) is 4.79 Å². The molecule has 0 unspecified atom stereocenters. The molecule has 2 aliphatic rings. The zero-order valence-electron chi connectivity index (χ0n) is 8.56. The van der Waals surface area contributed by atoms with Crippen molar-refractivity contribution in [1.29, 1.82) is 0 Å². The highest BCUT2D eigenvalue weighted by atomic mass is 32.1. The zero-order chi connectivity index (χ0) is 10.4. The molecule has 0 radical (unpaired) electrons. The van der Waals surface area contributed by atoms with Crippen molar-refractivity contribution in [1.82, 2.24) is 10.2 Å². The molecule has 15 heavy (non-hydrogen) atoms. The van der Waals surface area contributed by atoms with Crippen molar-refractivity contribution in [2.45, 2.75) is 32.1 Å².